The van der Waals surface area contributed by atoms with Crippen LogP contribution in [-0.2, 0) is 15.9 Å². The summed E-state index contributed by atoms with van der Waals surface area (Å²) < 4.78 is 16.4. The van der Waals surface area contributed by atoms with Crippen LogP contribution in [0.1, 0.15) is 31.9 Å². The smallest absolute Gasteiger partial charge is 0.191 e. The van der Waals surface area contributed by atoms with Gasteiger partial charge < -0.3 is 24.5 Å². The van der Waals surface area contributed by atoms with E-state index in [2.05, 4.69) is 15.6 Å². The van der Waals surface area contributed by atoms with E-state index in [0.717, 1.165) is 50.9 Å². The van der Waals surface area contributed by atoms with Gasteiger partial charge in [0.15, 0.2) is 5.96 Å². The second-order valence-electron chi connectivity index (χ2n) is 5.56. The van der Waals surface area contributed by atoms with Crippen LogP contribution in [0.15, 0.2) is 27.8 Å². The molecule has 1 unspecified atom stereocenters. The summed E-state index contributed by atoms with van der Waals surface area (Å²) in [5, 5.41) is 6.64. The van der Waals surface area contributed by atoms with Crippen molar-refractivity contribution in [3.8, 4) is 0 Å². The fourth-order valence-corrected chi connectivity index (χ4v) is 2.46. The van der Waals surface area contributed by atoms with Gasteiger partial charge in [0, 0.05) is 32.7 Å². The molecule has 0 spiro atoms. The van der Waals surface area contributed by atoms with Gasteiger partial charge in [-0.2, -0.15) is 0 Å². The minimum atomic E-state index is 0.249. The zero-order valence-corrected chi connectivity index (χ0v) is 14.1. The summed E-state index contributed by atoms with van der Waals surface area (Å²) >= 11 is 0. The molecular weight excluding hydrogens is 294 g/mol. The number of hydrogen-bond acceptors (Lipinski definition) is 4. The SMILES string of the molecule is CCOCCNC(=NCC1CCCCO1)NCCc1ccco1. The van der Waals surface area contributed by atoms with Gasteiger partial charge in [0.25, 0.3) is 0 Å². The van der Waals surface area contributed by atoms with Crippen LogP contribution < -0.4 is 10.6 Å². The van der Waals surface area contributed by atoms with Crippen LogP contribution >= 0.6 is 0 Å². The molecule has 0 saturated carbocycles. The van der Waals surface area contributed by atoms with Gasteiger partial charge >= 0.3 is 0 Å². The number of nitrogens with one attached hydrogen (secondary N) is 2. The van der Waals surface area contributed by atoms with Gasteiger partial charge in [0.05, 0.1) is 25.5 Å². The molecule has 0 bridgehead atoms. The van der Waals surface area contributed by atoms with Crippen molar-refractivity contribution in [2.45, 2.75) is 38.7 Å². The van der Waals surface area contributed by atoms with Crippen LogP contribution in [0.25, 0.3) is 0 Å². The lowest BCUT2D eigenvalue weighted by molar-refractivity contribution is 0.0224. The largest absolute Gasteiger partial charge is 0.469 e. The first-order valence-corrected chi connectivity index (χ1v) is 8.62. The summed E-state index contributed by atoms with van der Waals surface area (Å²) in [6, 6.07) is 3.89. The van der Waals surface area contributed by atoms with Gasteiger partial charge in [-0.1, -0.05) is 0 Å². The van der Waals surface area contributed by atoms with E-state index in [1.165, 1.54) is 12.8 Å². The van der Waals surface area contributed by atoms with Gasteiger partial charge in [-0.3, -0.25) is 4.99 Å². The summed E-state index contributed by atoms with van der Waals surface area (Å²) in [5.74, 6) is 1.78. The van der Waals surface area contributed by atoms with Crippen LogP contribution in [0.3, 0.4) is 0 Å². The predicted molar refractivity (Wildman–Crippen MR) is 90.8 cm³/mol. The van der Waals surface area contributed by atoms with E-state index in [-0.39, 0.29) is 6.10 Å². The third-order valence-corrected chi connectivity index (χ3v) is 3.71. The molecule has 1 aromatic rings. The zero-order valence-electron chi connectivity index (χ0n) is 14.1. The number of hydrogen-bond donors (Lipinski definition) is 2. The maximum absolute atomic E-state index is 5.73. The molecule has 2 heterocycles. The molecule has 1 atom stereocenters. The highest BCUT2D eigenvalue weighted by Crippen LogP contribution is 2.12. The molecule has 1 aromatic heterocycles. The minimum absolute atomic E-state index is 0.249. The molecule has 1 fully saturated rings. The van der Waals surface area contributed by atoms with E-state index in [0.29, 0.717) is 13.2 Å². The number of nitrogens with zero attached hydrogens (tertiary/aromatic N) is 1. The fourth-order valence-electron chi connectivity index (χ4n) is 2.46. The average Bonchev–Trinajstić information content (AvgIpc) is 3.10. The van der Waals surface area contributed by atoms with Gasteiger partial charge in [0.1, 0.15) is 5.76 Å². The molecule has 0 aromatic carbocycles. The number of guanidine groups is 1. The van der Waals surface area contributed by atoms with Crippen molar-refractivity contribution in [2.75, 3.05) is 39.5 Å². The van der Waals surface area contributed by atoms with Crippen LogP contribution in [0, 0.1) is 0 Å². The summed E-state index contributed by atoms with van der Waals surface area (Å²) in [5.41, 5.74) is 0. The Labute approximate surface area is 138 Å². The molecule has 23 heavy (non-hydrogen) atoms. The molecule has 6 heteroatoms. The van der Waals surface area contributed by atoms with E-state index < -0.39 is 0 Å². The van der Waals surface area contributed by atoms with Gasteiger partial charge in [0.2, 0.25) is 0 Å². The topological polar surface area (TPSA) is 68.0 Å². The Hall–Kier alpha value is -1.53. The van der Waals surface area contributed by atoms with Crippen LogP contribution in [-0.4, -0.2) is 51.5 Å². The number of rotatable bonds is 9. The summed E-state index contributed by atoms with van der Waals surface area (Å²) in [4.78, 5) is 4.65. The molecule has 1 saturated heterocycles. The Morgan fingerprint density at radius 3 is 3.00 bits per heavy atom. The van der Waals surface area contributed by atoms with Gasteiger partial charge in [-0.05, 0) is 38.3 Å². The van der Waals surface area contributed by atoms with Crippen molar-refractivity contribution in [3.05, 3.63) is 24.2 Å². The van der Waals surface area contributed by atoms with Crippen LogP contribution in [0.4, 0.5) is 0 Å². The Kier molecular flexibility index (Phi) is 8.58. The average molecular weight is 323 g/mol. The zero-order chi connectivity index (χ0) is 16.2. The summed E-state index contributed by atoms with van der Waals surface area (Å²) in [7, 11) is 0. The van der Waals surface area contributed by atoms with Crippen molar-refractivity contribution < 1.29 is 13.9 Å². The third-order valence-electron chi connectivity index (χ3n) is 3.71. The Morgan fingerprint density at radius 2 is 2.26 bits per heavy atom. The Balaban J connectivity index is 1.74. The van der Waals surface area contributed by atoms with Gasteiger partial charge in [-0.25, -0.2) is 0 Å². The lowest BCUT2D eigenvalue weighted by atomic mass is 10.1. The molecule has 2 N–H and O–H groups in total. The van der Waals surface area contributed by atoms with E-state index >= 15 is 0 Å². The third kappa shape index (κ3) is 7.52. The van der Waals surface area contributed by atoms with Crippen molar-refractivity contribution in [3.63, 3.8) is 0 Å². The highest BCUT2D eigenvalue weighted by atomic mass is 16.5. The van der Waals surface area contributed by atoms with Gasteiger partial charge in [-0.15, -0.1) is 0 Å². The van der Waals surface area contributed by atoms with Crippen LogP contribution in [0.5, 0.6) is 0 Å². The van der Waals surface area contributed by atoms with Crippen molar-refractivity contribution in [1.29, 1.82) is 0 Å². The Bertz CT molecular complexity index is 428. The first-order valence-electron chi connectivity index (χ1n) is 8.62. The molecular formula is C17H29N3O3. The number of aliphatic imine (C=N–C) groups is 1. The maximum atomic E-state index is 5.73. The lowest BCUT2D eigenvalue weighted by Gasteiger charge is -2.21. The normalized spacial score (nSPS) is 18.8. The second kappa shape index (κ2) is 11.1. The quantitative estimate of drug-likeness (QED) is 0.413. The van der Waals surface area contributed by atoms with E-state index in [1.54, 1.807) is 6.26 Å². The monoisotopic (exact) mass is 323 g/mol. The molecule has 0 amide bonds. The molecule has 1 aliphatic rings. The molecule has 1 aliphatic heterocycles. The molecule has 2 rings (SSSR count). The molecule has 0 radical (unpaired) electrons. The minimum Gasteiger partial charge on any atom is -0.469 e. The first-order chi connectivity index (χ1) is 11.4. The molecule has 130 valence electrons. The fraction of sp³-hybridized carbons (Fsp3) is 0.706. The first kappa shape index (κ1) is 17.8. The van der Waals surface area contributed by atoms with Crippen LogP contribution in [0.2, 0.25) is 0 Å². The Morgan fingerprint density at radius 1 is 1.35 bits per heavy atom. The van der Waals surface area contributed by atoms with E-state index in [9.17, 15) is 0 Å². The second-order valence-corrected chi connectivity index (χ2v) is 5.56. The summed E-state index contributed by atoms with van der Waals surface area (Å²) in [6.07, 6.45) is 6.28. The number of furan rings is 1. The molecule has 6 nitrogen and oxygen atoms in total. The van der Waals surface area contributed by atoms with E-state index in [4.69, 9.17) is 13.9 Å². The summed E-state index contributed by atoms with van der Waals surface area (Å²) in [6.45, 7) is 6.48. The predicted octanol–water partition coefficient (Wildman–Crippen LogP) is 1.96. The molecule has 0 aliphatic carbocycles. The standard InChI is InChI=1S/C17H29N3O3/c1-2-21-13-10-19-17(18-9-8-15-7-5-12-22-15)20-14-16-6-3-4-11-23-16/h5,7,12,16H,2-4,6,8-11,13-14H2,1H3,(H2,18,19,20). The van der Waals surface area contributed by atoms with Crippen molar-refractivity contribution >= 4 is 5.96 Å². The maximum Gasteiger partial charge on any atom is 0.191 e. The van der Waals surface area contributed by atoms with Crippen molar-refractivity contribution in [2.24, 2.45) is 4.99 Å². The highest BCUT2D eigenvalue weighted by molar-refractivity contribution is 5.79. The van der Waals surface area contributed by atoms with Crippen molar-refractivity contribution in [1.82, 2.24) is 10.6 Å². The number of ether oxygens (including phenoxy) is 2. The lowest BCUT2D eigenvalue weighted by Crippen LogP contribution is -2.40. The van der Waals surface area contributed by atoms with E-state index in [1.807, 2.05) is 19.1 Å². The highest BCUT2D eigenvalue weighted by Gasteiger charge is 2.13.